The maximum atomic E-state index is 12.5. The van der Waals surface area contributed by atoms with Crippen molar-refractivity contribution in [2.45, 2.75) is 51.3 Å². The summed E-state index contributed by atoms with van der Waals surface area (Å²) in [6.07, 6.45) is 2.24. The largest absolute Gasteiger partial charge is 0.375 e. The summed E-state index contributed by atoms with van der Waals surface area (Å²) in [7, 11) is 0. The van der Waals surface area contributed by atoms with Gasteiger partial charge in [-0.05, 0) is 25.3 Å². The Morgan fingerprint density at radius 2 is 2.14 bits per heavy atom. The minimum atomic E-state index is -0.0753. The molecule has 3 atom stereocenters. The van der Waals surface area contributed by atoms with Crippen molar-refractivity contribution in [3.8, 4) is 0 Å². The van der Waals surface area contributed by atoms with Gasteiger partial charge >= 0.3 is 0 Å². The van der Waals surface area contributed by atoms with Gasteiger partial charge in [-0.3, -0.25) is 4.79 Å². The van der Waals surface area contributed by atoms with Gasteiger partial charge in [-0.15, -0.1) is 0 Å². The Hall–Kier alpha value is -1.39. The van der Waals surface area contributed by atoms with Gasteiger partial charge in [0.2, 0.25) is 5.91 Å². The second-order valence-corrected chi connectivity index (χ2v) is 5.81. The van der Waals surface area contributed by atoms with E-state index in [9.17, 15) is 4.79 Å². The molecule has 3 unspecified atom stereocenters. The zero-order valence-corrected chi connectivity index (χ0v) is 13.0. The number of morpholine rings is 1. The number of carbonyl (C=O) groups is 1. The van der Waals surface area contributed by atoms with Gasteiger partial charge in [-0.2, -0.15) is 0 Å². The molecule has 21 heavy (non-hydrogen) atoms. The van der Waals surface area contributed by atoms with Crippen LogP contribution in [-0.4, -0.2) is 36.1 Å². The van der Waals surface area contributed by atoms with E-state index in [1.54, 1.807) is 0 Å². The summed E-state index contributed by atoms with van der Waals surface area (Å²) < 4.78 is 5.64. The second kappa shape index (κ2) is 7.57. The minimum absolute atomic E-state index is 0.0753. The van der Waals surface area contributed by atoms with Gasteiger partial charge in [0.05, 0.1) is 18.8 Å². The lowest BCUT2D eigenvalue weighted by Gasteiger charge is -2.38. The molecular formula is C17H26N2O2. The monoisotopic (exact) mass is 290 g/mol. The molecule has 0 radical (unpaired) electrons. The fourth-order valence-corrected chi connectivity index (χ4v) is 2.78. The van der Waals surface area contributed by atoms with Crippen LogP contribution in [-0.2, 0) is 9.53 Å². The first-order valence-electron chi connectivity index (χ1n) is 7.83. The Morgan fingerprint density at radius 3 is 2.81 bits per heavy atom. The Labute approximate surface area is 127 Å². The van der Waals surface area contributed by atoms with E-state index in [1.165, 1.54) is 0 Å². The normalized spacial score (nSPS) is 23.9. The highest BCUT2D eigenvalue weighted by Crippen LogP contribution is 2.19. The molecule has 0 aromatic heterocycles. The third kappa shape index (κ3) is 4.29. The molecule has 4 heteroatoms. The molecule has 0 aliphatic carbocycles. The Bertz CT molecular complexity index is 449. The molecule has 1 aliphatic rings. The van der Waals surface area contributed by atoms with Gasteiger partial charge in [-0.1, -0.05) is 37.3 Å². The lowest BCUT2D eigenvalue weighted by molar-refractivity contribution is -0.144. The number of rotatable bonds is 5. The van der Waals surface area contributed by atoms with Crippen LogP contribution < -0.4 is 5.73 Å². The molecule has 2 rings (SSSR count). The first-order chi connectivity index (χ1) is 10.1. The highest BCUT2D eigenvalue weighted by Gasteiger charge is 2.29. The number of hydrogen-bond acceptors (Lipinski definition) is 3. The van der Waals surface area contributed by atoms with Crippen molar-refractivity contribution >= 4 is 5.91 Å². The first kappa shape index (κ1) is 16.0. The molecule has 1 heterocycles. The van der Waals surface area contributed by atoms with Crippen molar-refractivity contribution in [3.05, 3.63) is 35.9 Å². The number of nitrogens with two attached hydrogens (primary N) is 1. The number of benzene rings is 1. The molecule has 4 nitrogen and oxygen atoms in total. The fourth-order valence-electron chi connectivity index (χ4n) is 2.78. The Balaban J connectivity index is 1.88. The van der Waals surface area contributed by atoms with Gasteiger partial charge in [0.15, 0.2) is 0 Å². The average Bonchev–Trinajstić information content (AvgIpc) is 2.53. The van der Waals surface area contributed by atoms with E-state index >= 15 is 0 Å². The highest BCUT2D eigenvalue weighted by atomic mass is 16.5. The van der Waals surface area contributed by atoms with E-state index in [2.05, 4.69) is 6.92 Å². The van der Waals surface area contributed by atoms with Crippen molar-refractivity contribution in [2.24, 2.45) is 5.73 Å². The lowest BCUT2D eigenvalue weighted by Crippen LogP contribution is -2.51. The number of carbonyl (C=O) groups excluding carboxylic acids is 1. The molecule has 1 aromatic rings. The molecule has 2 N–H and O–H groups in total. The van der Waals surface area contributed by atoms with Crippen LogP contribution in [0.5, 0.6) is 0 Å². The van der Waals surface area contributed by atoms with Crippen LogP contribution in [0, 0.1) is 0 Å². The average molecular weight is 290 g/mol. The molecule has 1 aromatic carbocycles. The third-order valence-corrected chi connectivity index (χ3v) is 4.16. The van der Waals surface area contributed by atoms with Crippen LogP contribution >= 0.6 is 0 Å². The van der Waals surface area contributed by atoms with Gasteiger partial charge < -0.3 is 15.4 Å². The highest BCUT2D eigenvalue weighted by molar-refractivity contribution is 5.76. The van der Waals surface area contributed by atoms with Crippen molar-refractivity contribution in [1.82, 2.24) is 4.90 Å². The SMILES string of the molecule is CCC1COC(C)CN1C(=O)CCC(N)c1ccccc1. The fraction of sp³-hybridized carbons (Fsp3) is 0.588. The van der Waals surface area contributed by atoms with E-state index in [4.69, 9.17) is 10.5 Å². The summed E-state index contributed by atoms with van der Waals surface area (Å²) in [5, 5.41) is 0. The minimum Gasteiger partial charge on any atom is -0.375 e. The van der Waals surface area contributed by atoms with E-state index in [-0.39, 0.29) is 24.1 Å². The summed E-state index contributed by atoms with van der Waals surface area (Å²) in [5.74, 6) is 0.198. The van der Waals surface area contributed by atoms with Crippen molar-refractivity contribution in [3.63, 3.8) is 0 Å². The lowest BCUT2D eigenvalue weighted by atomic mass is 10.0. The van der Waals surface area contributed by atoms with Crippen LogP contribution in [0.1, 0.15) is 44.7 Å². The van der Waals surface area contributed by atoms with Gasteiger partial charge in [0.1, 0.15) is 0 Å². The Kier molecular flexibility index (Phi) is 5.76. The van der Waals surface area contributed by atoms with E-state index in [0.29, 0.717) is 26.0 Å². The van der Waals surface area contributed by atoms with Gasteiger partial charge in [0, 0.05) is 19.0 Å². The van der Waals surface area contributed by atoms with Crippen molar-refractivity contribution < 1.29 is 9.53 Å². The smallest absolute Gasteiger partial charge is 0.223 e. The predicted octanol–water partition coefficient (Wildman–Crippen LogP) is 2.49. The molecule has 1 aliphatic heterocycles. The van der Waals surface area contributed by atoms with Gasteiger partial charge in [-0.25, -0.2) is 0 Å². The van der Waals surface area contributed by atoms with Crippen molar-refractivity contribution in [2.75, 3.05) is 13.2 Å². The quantitative estimate of drug-likeness (QED) is 0.906. The Morgan fingerprint density at radius 1 is 1.43 bits per heavy atom. The maximum absolute atomic E-state index is 12.5. The summed E-state index contributed by atoms with van der Waals surface area (Å²) in [6.45, 7) is 5.45. The molecule has 1 fully saturated rings. The third-order valence-electron chi connectivity index (χ3n) is 4.16. The predicted molar refractivity (Wildman–Crippen MR) is 83.8 cm³/mol. The number of hydrogen-bond donors (Lipinski definition) is 1. The standard InChI is InChI=1S/C17H26N2O2/c1-3-15-12-21-13(2)11-19(15)17(20)10-9-16(18)14-7-5-4-6-8-14/h4-8,13,15-16H,3,9-12,18H2,1-2H3. The van der Waals surface area contributed by atoms with Crippen LogP contribution in [0.25, 0.3) is 0 Å². The zero-order chi connectivity index (χ0) is 15.2. The molecule has 1 saturated heterocycles. The van der Waals surface area contributed by atoms with Crippen LogP contribution in [0.15, 0.2) is 30.3 Å². The molecular weight excluding hydrogens is 264 g/mol. The van der Waals surface area contributed by atoms with E-state index in [1.807, 2.05) is 42.2 Å². The summed E-state index contributed by atoms with van der Waals surface area (Å²) in [6, 6.07) is 10.1. The molecule has 116 valence electrons. The van der Waals surface area contributed by atoms with E-state index in [0.717, 1.165) is 12.0 Å². The van der Waals surface area contributed by atoms with Crippen LogP contribution in [0.2, 0.25) is 0 Å². The van der Waals surface area contributed by atoms with Crippen molar-refractivity contribution in [1.29, 1.82) is 0 Å². The molecule has 0 bridgehead atoms. The maximum Gasteiger partial charge on any atom is 0.223 e. The van der Waals surface area contributed by atoms with Crippen LogP contribution in [0.4, 0.5) is 0 Å². The van der Waals surface area contributed by atoms with Gasteiger partial charge in [0.25, 0.3) is 0 Å². The summed E-state index contributed by atoms with van der Waals surface area (Å²) in [5.41, 5.74) is 7.26. The van der Waals surface area contributed by atoms with E-state index < -0.39 is 0 Å². The molecule has 0 saturated carbocycles. The summed E-state index contributed by atoms with van der Waals surface area (Å²) in [4.78, 5) is 14.4. The number of nitrogens with zero attached hydrogens (tertiary/aromatic N) is 1. The second-order valence-electron chi connectivity index (χ2n) is 5.81. The van der Waals surface area contributed by atoms with Crippen LogP contribution in [0.3, 0.4) is 0 Å². The number of ether oxygens (including phenoxy) is 1. The number of amides is 1. The topological polar surface area (TPSA) is 55.6 Å². The summed E-state index contributed by atoms with van der Waals surface area (Å²) >= 11 is 0. The first-order valence-corrected chi connectivity index (χ1v) is 7.83. The molecule has 0 spiro atoms. The zero-order valence-electron chi connectivity index (χ0n) is 13.0. The molecule has 1 amide bonds.